The Morgan fingerprint density at radius 3 is 2.97 bits per heavy atom. The fourth-order valence-electron chi connectivity index (χ4n) is 3.82. The Kier molecular flexibility index (Phi) is 6.06. The molecule has 0 amide bonds. The molecule has 31 heavy (non-hydrogen) atoms. The van der Waals surface area contributed by atoms with Crippen molar-refractivity contribution in [2.24, 2.45) is 10.2 Å². The molecular formula is C19H25F2N9O. The number of tetrazole rings is 1. The van der Waals surface area contributed by atoms with Gasteiger partial charge in [0.15, 0.2) is 11.5 Å². The van der Waals surface area contributed by atoms with Gasteiger partial charge in [-0.1, -0.05) is 0 Å². The zero-order chi connectivity index (χ0) is 21.9. The van der Waals surface area contributed by atoms with Gasteiger partial charge in [-0.15, -0.1) is 17.4 Å². The molecule has 166 valence electrons. The molecule has 0 radical (unpaired) electrons. The van der Waals surface area contributed by atoms with Crippen LogP contribution < -0.4 is 5.32 Å². The highest BCUT2D eigenvalue weighted by molar-refractivity contribution is 5.29. The summed E-state index contributed by atoms with van der Waals surface area (Å²) >= 11 is 0. The lowest BCUT2D eigenvalue weighted by Crippen LogP contribution is -2.32. The summed E-state index contributed by atoms with van der Waals surface area (Å²) in [5.74, 6) is -0.0866. The summed E-state index contributed by atoms with van der Waals surface area (Å²) in [6.07, 6.45) is 10.4. The molecule has 0 spiro atoms. The molecule has 0 bridgehead atoms. The molecule has 12 heteroatoms. The van der Waals surface area contributed by atoms with E-state index in [9.17, 15) is 8.78 Å². The molecule has 1 fully saturated rings. The van der Waals surface area contributed by atoms with Crippen LogP contribution in [0.25, 0.3) is 0 Å². The maximum Gasteiger partial charge on any atom is 0.286 e. The zero-order valence-electron chi connectivity index (χ0n) is 17.3. The normalized spacial score (nSPS) is 20.6. The minimum absolute atomic E-state index is 0.00423. The molecule has 4 heterocycles. The molecule has 4 rings (SSSR count). The first-order valence-electron chi connectivity index (χ1n) is 10.3. The highest BCUT2D eigenvalue weighted by Crippen LogP contribution is 2.37. The number of alkyl halides is 2. The number of rotatable bonds is 11. The highest BCUT2D eigenvalue weighted by atomic mass is 19.3. The fourth-order valence-corrected chi connectivity index (χ4v) is 3.82. The third-order valence-electron chi connectivity index (χ3n) is 5.56. The molecule has 2 aliphatic rings. The highest BCUT2D eigenvalue weighted by Gasteiger charge is 2.40. The molecular weight excluding hydrogens is 408 g/mol. The summed E-state index contributed by atoms with van der Waals surface area (Å²) in [6.45, 7) is 2.43. The van der Waals surface area contributed by atoms with E-state index in [0.717, 1.165) is 19.8 Å². The number of nitrogens with zero attached hydrogens (tertiary/aromatic N) is 7. The minimum Gasteiger partial charge on any atom is -0.376 e. The summed E-state index contributed by atoms with van der Waals surface area (Å²) in [4.78, 5) is 0. The maximum atomic E-state index is 14.2. The number of aromatic amines is 1. The Balaban J connectivity index is 1.55. The lowest BCUT2D eigenvalue weighted by atomic mass is 10.0. The van der Waals surface area contributed by atoms with Crippen LogP contribution >= 0.6 is 0 Å². The van der Waals surface area contributed by atoms with Gasteiger partial charge in [-0.3, -0.25) is 5.10 Å². The van der Waals surface area contributed by atoms with Crippen LogP contribution in [0.3, 0.4) is 0 Å². The number of ether oxygens (including phenoxy) is 1. The lowest BCUT2D eigenvalue weighted by molar-refractivity contribution is 0.0114. The van der Waals surface area contributed by atoms with E-state index in [1.807, 2.05) is 0 Å². The third-order valence-corrected chi connectivity index (χ3v) is 5.56. The maximum absolute atomic E-state index is 14.2. The van der Waals surface area contributed by atoms with Crippen molar-refractivity contribution in [3.63, 3.8) is 0 Å². The number of terminal acetylenes is 1. The summed E-state index contributed by atoms with van der Waals surface area (Å²) < 4.78 is 35.7. The predicted molar refractivity (Wildman–Crippen MR) is 105 cm³/mol. The van der Waals surface area contributed by atoms with Gasteiger partial charge in [-0.05, 0) is 23.3 Å². The smallest absolute Gasteiger partial charge is 0.286 e. The average Bonchev–Trinajstić information content (AvgIpc) is 3.19. The van der Waals surface area contributed by atoms with Crippen LogP contribution in [0.15, 0.2) is 16.4 Å². The van der Waals surface area contributed by atoms with Crippen LogP contribution in [0.2, 0.25) is 0 Å². The first-order valence-corrected chi connectivity index (χ1v) is 10.3. The number of halogens is 2. The van der Waals surface area contributed by atoms with Crippen LogP contribution in [0, 0.1) is 12.3 Å². The van der Waals surface area contributed by atoms with Crippen LogP contribution in [0.1, 0.15) is 62.2 Å². The molecule has 2 aromatic rings. The molecule has 2 aromatic heterocycles. The number of nitrogens with one attached hydrogen (secondary N) is 2. The van der Waals surface area contributed by atoms with Crippen LogP contribution in [-0.4, -0.2) is 55.3 Å². The lowest BCUT2D eigenvalue weighted by Gasteiger charge is -2.21. The molecule has 0 aromatic carbocycles. The van der Waals surface area contributed by atoms with Crippen molar-refractivity contribution < 1.29 is 13.5 Å². The second-order valence-electron chi connectivity index (χ2n) is 7.97. The van der Waals surface area contributed by atoms with Crippen molar-refractivity contribution in [2.75, 3.05) is 13.2 Å². The van der Waals surface area contributed by atoms with Gasteiger partial charge in [0, 0.05) is 44.9 Å². The van der Waals surface area contributed by atoms with Crippen molar-refractivity contribution in [1.82, 2.24) is 35.7 Å². The second-order valence-corrected chi connectivity index (χ2v) is 7.97. The molecule has 2 N–H and O–H groups in total. The largest absolute Gasteiger partial charge is 0.376 e. The van der Waals surface area contributed by atoms with E-state index >= 15 is 0 Å². The van der Waals surface area contributed by atoms with Gasteiger partial charge < -0.3 is 10.1 Å². The van der Waals surface area contributed by atoms with Gasteiger partial charge in [0.05, 0.1) is 24.9 Å². The second kappa shape index (κ2) is 8.76. The van der Waals surface area contributed by atoms with E-state index in [0.29, 0.717) is 50.3 Å². The van der Waals surface area contributed by atoms with Crippen molar-refractivity contribution in [2.45, 2.75) is 69.3 Å². The number of hydrogen-bond donors (Lipinski definition) is 2. The van der Waals surface area contributed by atoms with E-state index in [1.54, 1.807) is 4.68 Å². The SMILES string of the molecule is C#CCCC1(CCNC(c2cn[nH]c2C(C)(F)F)c2nnnn2CC2CCCO2)N=N1. The number of H-pyrrole nitrogens is 1. The van der Waals surface area contributed by atoms with Gasteiger partial charge in [0.2, 0.25) is 0 Å². The van der Waals surface area contributed by atoms with Crippen molar-refractivity contribution in [3.05, 3.63) is 23.3 Å². The molecule has 10 nitrogen and oxygen atoms in total. The Labute approximate surface area is 178 Å². The summed E-state index contributed by atoms with van der Waals surface area (Å²) in [7, 11) is 0. The van der Waals surface area contributed by atoms with Crippen LogP contribution in [0.5, 0.6) is 0 Å². The molecule has 0 saturated carbocycles. The van der Waals surface area contributed by atoms with Gasteiger partial charge >= 0.3 is 0 Å². The van der Waals surface area contributed by atoms with E-state index in [2.05, 4.69) is 47.2 Å². The fraction of sp³-hybridized carbons (Fsp3) is 0.684. The molecule has 2 unspecified atom stereocenters. The van der Waals surface area contributed by atoms with Crippen LogP contribution in [0.4, 0.5) is 8.78 Å². The van der Waals surface area contributed by atoms with Gasteiger partial charge in [0.1, 0.15) is 5.69 Å². The quantitative estimate of drug-likeness (QED) is 0.525. The Bertz CT molecular complexity index is 946. The predicted octanol–water partition coefficient (Wildman–Crippen LogP) is 2.33. The molecule has 2 aliphatic heterocycles. The first kappa shape index (κ1) is 21.5. The molecule has 0 aliphatic carbocycles. The summed E-state index contributed by atoms with van der Waals surface area (Å²) in [5.41, 5.74) is -0.473. The van der Waals surface area contributed by atoms with Crippen molar-refractivity contribution in [3.8, 4) is 12.3 Å². The van der Waals surface area contributed by atoms with E-state index < -0.39 is 17.6 Å². The van der Waals surface area contributed by atoms with Crippen molar-refractivity contribution in [1.29, 1.82) is 0 Å². The third kappa shape index (κ3) is 4.94. The van der Waals surface area contributed by atoms with Gasteiger partial charge in [-0.2, -0.15) is 24.1 Å². The standard InChI is InChI=1S/C19H25F2N9O/c1-3-4-7-19(26-27-19)8-9-22-15(14-11-23-24-16(14)18(2,20)21)17-25-28-29-30(17)12-13-6-5-10-31-13/h1,11,13,15,22H,4-10,12H2,2H3,(H,23,24). The van der Waals surface area contributed by atoms with E-state index in [4.69, 9.17) is 11.2 Å². The van der Waals surface area contributed by atoms with Crippen LogP contribution in [-0.2, 0) is 17.2 Å². The van der Waals surface area contributed by atoms with Gasteiger partial charge in [-0.25, -0.2) is 4.68 Å². The van der Waals surface area contributed by atoms with E-state index in [-0.39, 0.29) is 11.8 Å². The Morgan fingerprint density at radius 2 is 2.29 bits per heavy atom. The Hall–Kier alpha value is -2.78. The zero-order valence-corrected chi connectivity index (χ0v) is 17.3. The van der Waals surface area contributed by atoms with E-state index in [1.165, 1.54) is 6.20 Å². The average molecular weight is 433 g/mol. The topological polar surface area (TPSA) is 118 Å². The molecule has 1 saturated heterocycles. The first-order chi connectivity index (χ1) is 14.9. The van der Waals surface area contributed by atoms with Gasteiger partial charge in [0.25, 0.3) is 5.92 Å². The summed E-state index contributed by atoms with van der Waals surface area (Å²) in [6, 6.07) is -0.695. The monoisotopic (exact) mass is 433 g/mol. The number of hydrogen-bond acceptors (Lipinski definition) is 8. The van der Waals surface area contributed by atoms with Crippen molar-refractivity contribution >= 4 is 0 Å². The minimum atomic E-state index is -3.10. The molecule has 2 atom stereocenters. The Morgan fingerprint density at radius 1 is 1.45 bits per heavy atom. The number of aromatic nitrogens is 6. The summed E-state index contributed by atoms with van der Waals surface area (Å²) in [5, 5.41) is 29.8.